The van der Waals surface area contributed by atoms with Crippen LogP contribution >= 0.6 is 0 Å². The van der Waals surface area contributed by atoms with E-state index in [1.165, 1.54) is 0 Å². The molecule has 0 aromatic rings. The van der Waals surface area contributed by atoms with Gasteiger partial charge in [-0.15, -0.1) is 0 Å². The minimum atomic E-state index is -4.96. The van der Waals surface area contributed by atoms with Crippen molar-refractivity contribution in [3.8, 4) is 0 Å². The summed E-state index contributed by atoms with van der Waals surface area (Å²) in [6.07, 6.45) is -10.5. The molecule has 2 saturated carbocycles. The molecule has 8 fully saturated rings. The van der Waals surface area contributed by atoms with Crippen molar-refractivity contribution >= 4 is 11.9 Å². The Hall–Kier alpha value is -2.64. The van der Waals surface area contributed by atoms with Crippen LogP contribution in [-0.2, 0) is 57.6 Å². The molecule has 0 N–H and O–H groups in total. The number of halogens is 6. The van der Waals surface area contributed by atoms with Gasteiger partial charge in [-0.2, -0.15) is 26.3 Å². The van der Waals surface area contributed by atoms with Crippen LogP contribution < -0.4 is 0 Å². The maximum absolute atomic E-state index is 14.5. The Morgan fingerprint density at radius 2 is 1.02 bits per heavy atom. The SMILES string of the molecule is C[C@@H]1CC[C@H]2C(COC(=O)CCC(=O)OCC3=C(C(F)(F)F)O[C@@H]4O[C@@]5(C)CCC6[C@H](C)CC[C@@H]3[C@]64OO5)=C(C(F)(F)F)O[C@@H]3O[C@@]4(C)CCC1[C@]32OO4. The van der Waals surface area contributed by atoms with Crippen molar-refractivity contribution in [1.82, 2.24) is 0 Å². The van der Waals surface area contributed by atoms with Gasteiger partial charge in [-0.25, -0.2) is 19.6 Å². The average Bonchev–Trinajstić information content (AvgIpc) is 3.47. The molecule has 0 amide bonds. The minimum Gasteiger partial charge on any atom is -0.461 e. The highest BCUT2D eigenvalue weighted by molar-refractivity contribution is 5.77. The Balaban J connectivity index is 0.950. The molecule has 8 aliphatic heterocycles. The number of hydrogen-bond acceptors (Lipinski definition) is 12. The molecule has 2 unspecified atom stereocenters. The highest BCUT2D eigenvalue weighted by Crippen LogP contribution is 2.63. The van der Waals surface area contributed by atoms with Gasteiger partial charge >= 0.3 is 24.3 Å². The van der Waals surface area contributed by atoms with E-state index < -0.39 is 109 Å². The predicted octanol–water partition coefficient (Wildman–Crippen LogP) is 6.98. The Morgan fingerprint density at radius 3 is 1.39 bits per heavy atom. The number of esters is 2. The van der Waals surface area contributed by atoms with Crippen LogP contribution in [0.25, 0.3) is 0 Å². The Bertz CT molecular complexity index is 1500. The number of hydrogen-bond donors (Lipinski definition) is 0. The zero-order valence-electron chi connectivity index (χ0n) is 30.3. The van der Waals surface area contributed by atoms with Gasteiger partial charge in [0.15, 0.2) is 11.2 Å². The summed E-state index contributed by atoms with van der Waals surface area (Å²) in [6.45, 7) is 5.51. The van der Waals surface area contributed by atoms with E-state index in [1.807, 2.05) is 13.8 Å². The molecule has 10 aliphatic rings. The summed E-state index contributed by atoms with van der Waals surface area (Å²) in [7, 11) is 0. The molecule has 302 valence electrons. The lowest BCUT2D eigenvalue weighted by Crippen LogP contribution is -2.67. The Kier molecular flexibility index (Phi) is 9.17. The number of fused-ring (bicyclic) bond motifs is 4. The fraction of sp³-hybridized carbons (Fsp3) is 0.833. The maximum Gasteiger partial charge on any atom is 0.449 e. The smallest absolute Gasteiger partial charge is 0.449 e. The molecular formula is C36H44F6O12. The van der Waals surface area contributed by atoms with Crippen molar-refractivity contribution < 1.29 is 83.9 Å². The molecule has 0 radical (unpaired) electrons. The summed E-state index contributed by atoms with van der Waals surface area (Å²) in [5.41, 5.74) is -3.48. The first kappa shape index (κ1) is 38.2. The third kappa shape index (κ3) is 6.03. The van der Waals surface area contributed by atoms with E-state index in [-0.39, 0.29) is 47.7 Å². The van der Waals surface area contributed by atoms with Gasteiger partial charge in [0.25, 0.3) is 0 Å². The first-order valence-corrected chi connectivity index (χ1v) is 18.6. The van der Waals surface area contributed by atoms with Crippen LogP contribution in [0.2, 0.25) is 0 Å². The van der Waals surface area contributed by atoms with Crippen LogP contribution in [0, 0.1) is 35.5 Å². The van der Waals surface area contributed by atoms with E-state index in [9.17, 15) is 35.9 Å². The Morgan fingerprint density at radius 1 is 0.630 bits per heavy atom. The zero-order valence-corrected chi connectivity index (χ0v) is 30.3. The Labute approximate surface area is 306 Å². The average molecular weight is 783 g/mol. The molecule has 6 saturated heterocycles. The lowest BCUT2D eigenvalue weighted by Gasteiger charge is -2.57. The number of carbonyl (C=O) groups is 2. The fourth-order valence-electron chi connectivity index (χ4n) is 10.5. The second-order valence-electron chi connectivity index (χ2n) is 16.5. The number of carbonyl (C=O) groups excluding carboxylic acids is 2. The van der Waals surface area contributed by atoms with Crippen molar-refractivity contribution in [2.45, 2.75) is 140 Å². The van der Waals surface area contributed by atoms with Gasteiger partial charge in [-0.05, 0) is 64.2 Å². The molecule has 0 aromatic heterocycles. The zero-order chi connectivity index (χ0) is 38.6. The summed E-state index contributed by atoms with van der Waals surface area (Å²) in [5.74, 6) is -9.60. The highest BCUT2D eigenvalue weighted by Gasteiger charge is 2.72. The van der Waals surface area contributed by atoms with Gasteiger partial charge in [0, 0.05) is 47.7 Å². The minimum absolute atomic E-state index is 0.0504. The van der Waals surface area contributed by atoms with E-state index >= 15 is 0 Å². The molecule has 4 bridgehead atoms. The third-order valence-electron chi connectivity index (χ3n) is 13.1. The summed E-state index contributed by atoms with van der Waals surface area (Å²) >= 11 is 0. The first-order chi connectivity index (χ1) is 25.3. The lowest BCUT2D eigenvalue weighted by molar-refractivity contribution is -0.558. The molecule has 0 aromatic carbocycles. The highest BCUT2D eigenvalue weighted by atomic mass is 19.4. The van der Waals surface area contributed by atoms with E-state index in [2.05, 4.69) is 0 Å². The molecule has 8 heterocycles. The molecule has 54 heavy (non-hydrogen) atoms. The number of allylic oxidation sites excluding steroid dienone is 2. The van der Waals surface area contributed by atoms with Crippen molar-refractivity contribution in [2.75, 3.05) is 13.2 Å². The van der Waals surface area contributed by atoms with Crippen LogP contribution in [0.1, 0.15) is 91.9 Å². The van der Waals surface area contributed by atoms with Crippen LogP contribution in [0.15, 0.2) is 22.7 Å². The first-order valence-electron chi connectivity index (χ1n) is 18.6. The number of ether oxygens (including phenoxy) is 6. The molecule has 2 aliphatic carbocycles. The van der Waals surface area contributed by atoms with Crippen LogP contribution in [0.3, 0.4) is 0 Å². The normalized spacial score (nSPS) is 44.0. The quantitative estimate of drug-likeness (QED) is 0.150. The largest absolute Gasteiger partial charge is 0.461 e. The topological polar surface area (TPSA) is 126 Å². The van der Waals surface area contributed by atoms with Crippen molar-refractivity contribution in [3.63, 3.8) is 0 Å². The standard InChI is InChI=1S/C36H44F6O12/c1-17-5-7-23-19(27(35(37,38)39)47-29-33(23)21(17)11-13-31(3,49-29)51-53-33)15-45-25(43)9-10-26(44)46-16-20-24-8-6-18(2)22-12-14-32(4)50-30(34(22,24)54-52-32)48-28(20)36(40,41)42/h17-18,21-24,29-30H,5-16H2,1-4H3/t17-,18-,21?,22?,23+,24+,29-,30-,31-,32-,33-,34-/m1/s1. The monoisotopic (exact) mass is 782 g/mol. The second-order valence-corrected chi connectivity index (χ2v) is 16.5. The number of rotatable bonds is 7. The molecule has 18 heteroatoms. The van der Waals surface area contributed by atoms with Crippen molar-refractivity contribution in [2.24, 2.45) is 35.5 Å². The molecule has 12 atom stereocenters. The van der Waals surface area contributed by atoms with Gasteiger partial charge in [-0.1, -0.05) is 13.8 Å². The molecular weight excluding hydrogens is 738 g/mol. The summed E-state index contributed by atoms with van der Waals surface area (Å²) in [6, 6.07) is 0. The second kappa shape index (κ2) is 12.9. The van der Waals surface area contributed by atoms with E-state index in [4.69, 9.17) is 48.0 Å². The molecule has 12 nitrogen and oxygen atoms in total. The van der Waals surface area contributed by atoms with E-state index in [0.29, 0.717) is 38.5 Å². The van der Waals surface area contributed by atoms with Gasteiger partial charge in [-0.3, -0.25) is 9.59 Å². The number of alkyl halides is 6. The van der Waals surface area contributed by atoms with Gasteiger partial charge in [0.1, 0.15) is 13.2 Å². The van der Waals surface area contributed by atoms with Gasteiger partial charge in [0.05, 0.1) is 12.8 Å². The summed E-state index contributed by atoms with van der Waals surface area (Å²) in [5, 5.41) is 0. The van der Waals surface area contributed by atoms with Crippen LogP contribution in [0.5, 0.6) is 0 Å². The van der Waals surface area contributed by atoms with E-state index in [1.54, 1.807) is 13.8 Å². The molecule has 2 spiro atoms. The van der Waals surface area contributed by atoms with E-state index in [0.717, 1.165) is 0 Å². The maximum atomic E-state index is 14.5. The third-order valence-corrected chi connectivity index (χ3v) is 13.1. The van der Waals surface area contributed by atoms with Crippen LogP contribution in [0.4, 0.5) is 26.3 Å². The summed E-state index contributed by atoms with van der Waals surface area (Å²) < 4.78 is 120. The lowest BCUT2D eigenvalue weighted by atomic mass is 9.59. The van der Waals surface area contributed by atoms with Crippen LogP contribution in [-0.4, -0.2) is 72.9 Å². The molecule has 10 rings (SSSR count). The van der Waals surface area contributed by atoms with Crippen molar-refractivity contribution in [3.05, 3.63) is 22.7 Å². The van der Waals surface area contributed by atoms with Gasteiger partial charge in [0.2, 0.25) is 35.7 Å². The predicted molar refractivity (Wildman–Crippen MR) is 165 cm³/mol. The van der Waals surface area contributed by atoms with Gasteiger partial charge < -0.3 is 28.4 Å². The van der Waals surface area contributed by atoms with Crippen molar-refractivity contribution in [1.29, 1.82) is 0 Å². The fourth-order valence-corrected chi connectivity index (χ4v) is 10.5. The summed E-state index contributed by atoms with van der Waals surface area (Å²) in [4.78, 5) is 48.9.